The Bertz CT molecular complexity index is 1360. The first-order valence-corrected chi connectivity index (χ1v) is 11.9. The van der Waals surface area contributed by atoms with E-state index in [1.54, 1.807) is 0 Å². The highest BCUT2D eigenvalue weighted by atomic mass is 35.5. The van der Waals surface area contributed by atoms with Gasteiger partial charge in [-0.2, -0.15) is 4.98 Å². The Labute approximate surface area is 197 Å². The third-order valence-corrected chi connectivity index (χ3v) is 5.29. The lowest BCUT2D eigenvalue weighted by molar-refractivity contribution is 0.379. The van der Waals surface area contributed by atoms with Crippen LogP contribution in [0.1, 0.15) is 18.0 Å². The number of ether oxygens (including phenoxy) is 2. The minimum Gasteiger partial charge on any atom is -0.435 e. The van der Waals surface area contributed by atoms with E-state index >= 15 is 0 Å². The Hall–Kier alpha value is -3.25. The second-order valence-electron chi connectivity index (χ2n) is 7.04. The van der Waals surface area contributed by atoms with Gasteiger partial charge in [-0.3, -0.25) is 4.99 Å². The number of sulfone groups is 1. The highest BCUT2D eigenvalue weighted by molar-refractivity contribution is 7.91. The van der Waals surface area contributed by atoms with Crippen LogP contribution >= 0.6 is 11.6 Å². The van der Waals surface area contributed by atoms with Crippen LogP contribution in [0.3, 0.4) is 0 Å². The summed E-state index contributed by atoms with van der Waals surface area (Å²) in [6.07, 6.45) is 2.11. The van der Waals surface area contributed by atoms with Gasteiger partial charge in [-0.05, 0) is 31.2 Å². The van der Waals surface area contributed by atoms with Gasteiger partial charge in [0.25, 0.3) is 0 Å². The zero-order chi connectivity index (χ0) is 25.0. The molecule has 34 heavy (non-hydrogen) atoms. The summed E-state index contributed by atoms with van der Waals surface area (Å²) in [6.45, 7) is 1.44. The van der Waals surface area contributed by atoms with Crippen LogP contribution in [-0.2, 0) is 9.84 Å². The lowest BCUT2D eigenvalue weighted by atomic mass is 10.3. The molecule has 0 amide bonds. The molecule has 3 aromatic rings. The molecule has 2 aromatic carbocycles. The van der Waals surface area contributed by atoms with E-state index in [1.165, 1.54) is 6.92 Å². The molecular formula is C21H16ClF4N3O4S. The van der Waals surface area contributed by atoms with Crippen molar-refractivity contribution < 1.29 is 35.5 Å². The minimum absolute atomic E-state index is 0.0230. The van der Waals surface area contributed by atoms with Gasteiger partial charge >= 0.3 is 6.01 Å². The zero-order valence-electron chi connectivity index (χ0n) is 17.6. The maximum Gasteiger partial charge on any atom is 0.325 e. The van der Waals surface area contributed by atoms with E-state index in [-0.39, 0.29) is 22.9 Å². The second-order valence-corrected chi connectivity index (χ2v) is 9.59. The molecule has 1 aromatic heterocycles. The highest BCUT2D eigenvalue weighted by Crippen LogP contribution is 2.35. The van der Waals surface area contributed by atoms with Gasteiger partial charge in [-0.15, -0.1) is 0 Å². The van der Waals surface area contributed by atoms with Crippen molar-refractivity contribution in [3.63, 3.8) is 0 Å². The molecule has 1 heterocycles. The number of rotatable bonds is 8. The Morgan fingerprint density at radius 1 is 1.03 bits per heavy atom. The molecule has 180 valence electrons. The molecule has 0 fully saturated rings. The number of nitrogens with zero attached hydrogens (tertiary/aromatic N) is 3. The number of benzene rings is 2. The zero-order valence-corrected chi connectivity index (χ0v) is 19.2. The van der Waals surface area contributed by atoms with Crippen molar-refractivity contribution in [1.29, 1.82) is 0 Å². The summed E-state index contributed by atoms with van der Waals surface area (Å²) >= 11 is 6.28. The Kier molecular flexibility index (Phi) is 7.72. The van der Waals surface area contributed by atoms with Gasteiger partial charge in [0.1, 0.15) is 11.6 Å². The van der Waals surface area contributed by atoms with Crippen LogP contribution in [0.5, 0.6) is 23.4 Å². The van der Waals surface area contributed by atoms with Crippen molar-refractivity contribution in [3.05, 3.63) is 71.4 Å². The number of halogens is 5. The van der Waals surface area contributed by atoms with Crippen LogP contribution in [0.25, 0.3) is 0 Å². The van der Waals surface area contributed by atoms with Crippen molar-refractivity contribution in [1.82, 2.24) is 9.97 Å². The van der Waals surface area contributed by atoms with Gasteiger partial charge in [0.15, 0.2) is 38.5 Å². The smallest absolute Gasteiger partial charge is 0.325 e. The molecule has 7 nitrogen and oxygen atoms in total. The summed E-state index contributed by atoms with van der Waals surface area (Å²) in [6, 6.07) is 4.59. The molecule has 0 spiro atoms. The van der Waals surface area contributed by atoms with E-state index in [0.717, 1.165) is 36.7 Å². The van der Waals surface area contributed by atoms with Crippen LogP contribution in [-0.4, -0.2) is 36.1 Å². The van der Waals surface area contributed by atoms with Gasteiger partial charge in [0.2, 0.25) is 5.88 Å². The van der Waals surface area contributed by atoms with Crippen LogP contribution < -0.4 is 9.47 Å². The summed E-state index contributed by atoms with van der Waals surface area (Å²) in [7, 11) is -3.39. The molecule has 0 bridgehead atoms. The molecule has 0 unspecified atom stereocenters. The van der Waals surface area contributed by atoms with Crippen molar-refractivity contribution in [3.8, 4) is 23.4 Å². The molecule has 0 radical (unpaired) electrons. The monoisotopic (exact) mass is 517 g/mol. The highest BCUT2D eigenvalue weighted by Gasteiger charge is 2.21. The summed E-state index contributed by atoms with van der Waals surface area (Å²) in [5, 5.41) is 0. The summed E-state index contributed by atoms with van der Waals surface area (Å²) in [4.78, 5) is 11.9. The minimum atomic E-state index is -3.39. The molecule has 3 rings (SSSR count). The van der Waals surface area contributed by atoms with E-state index < -0.39 is 56.1 Å². The topological polar surface area (TPSA) is 90.7 Å². The van der Waals surface area contributed by atoms with Crippen LogP contribution in [0.15, 0.2) is 47.6 Å². The third-order valence-electron chi connectivity index (χ3n) is 4.02. The third kappa shape index (κ3) is 6.87. The first-order valence-electron chi connectivity index (χ1n) is 9.39. The van der Waals surface area contributed by atoms with Gasteiger partial charge < -0.3 is 9.47 Å². The lowest BCUT2D eigenvalue weighted by Gasteiger charge is -2.14. The maximum absolute atomic E-state index is 14.2. The number of aromatic nitrogens is 2. The first-order chi connectivity index (χ1) is 15.9. The molecule has 0 aliphatic rings. The largest absolute Gasteiger partial charge is 0.435 e. The van der Waals surface area contributed by atoms with Crippen LogP contribution in [0.4, 0.5) is 17.6 Å². The number of hydrogen-bond donors (Lipinski definition) is 0. The van der Waals surface area contributed by atoms with E-state index in [0.29, 0.717) is 12.1 Å². The lowest BCUT2D eigenvalue weighted by Crippen LogP contribution is -2.12. The molecule has 0 aliphatic carbocycles. The fourth-order valence-corrected chi connectivity index (χ4v) is 3.80. The SMILES string of the molecule is C/C(CS(C)(=O)=O)=N\[C@H](Cl)c1cnc(Oc2ccc(F)cc2F)nc1Oc1ccc(F)cc1F. The Morgan fingerprint density at radius 2 is 1.59 bits per heavy atom. The van der Waals surface area contributed by atoms with Gasteiger partial charge in [-0.25, -0.2) is 31.0 Å². The van der Waals surface area contributed by atoms with E-state index in [4.69, 9.17) is 21.1 Å². The number of alkyl halides is 1. The summed E-state index contributed by atoms with van der Waals surface area (Å²) in [5.41, 5.74) is -1.13. The average molecular weight is 518 g/mol. The molecule has 0 saturated carbocycles. The quantitative estimate of drug-likeness (QED) is 0.173. The molecule has 0 N–H and O–H groups in total. The first kappa shape index (κ1) is 25.4. The predicted octanol–water partition coefficient (Wildman–Crippen LogP) is 5.36. The van der Waals surface area contributed by atoms with Crippen LogP contribution in [0, 0.1) is 23.3 Å². The van der Waals surface area contributed by atoms with Gasteiger partial charge in [0, 0.05) is 30.3 Å². The number of hydrogen-bond acceptors (Lipinski definition) is 7. The van der Waals surface area contributed by atoms with E-state index in [2.05, 4.69) is 15.0 Å². The summed E-state index contributed by atoms with van der Waals surface area (Å²) in [5.74, 6) is -5.35. The van der Waals surface area contributed by atoms with E-state index in [9.17, 15) is 26.0 Å². The standard InChI is InChI=1S/C21H16ClF4N3O4S/c1-11(10-34(2,30)31)28-19(22)14-9-27-21(33-18-6-4-13(24)8-16(18)26)29-20(14)32-17-5-3-12(23)7-15(17)25/h3-9,19H,10H2,1-2H3/b28-11+/t19-/m0/s1. The van der Waals surface area contributed by atoms with Gasteiger partial charge in [-0.1, -0.05) is 11.6 Å². The Balaban J connectivity index is 2.00. The summed E-state index contributed by atoms with van der Waals surface area (Å²) < 4.78 is 88.1. The molecule has 13 heteroatoms. The Morgan fingerprint density at radius 3 is 2.12 bits per heavy atom. The van der Waals surface area contributed by atoms with Gasteiger partial charge in [0.05, 0.1) is 11.3 Å². The van der Waals surface area contributed by atoms with Crippen molar-refractivity contribution in [2.45, 2.75) is 12.4 Å². The van der Waals surface area contributed by atoms with Crippen LogP contribution in [0.2, 0.25) is 0 Å². The normalized spacial score (nSPS) is 13.0. The van der Waals surface area contributed by atoms with E-state index in [1.807, 2.05) is 0 Å². The van der Waals surface area contributed by atoms with Crippen molar-refractivity contribution in [2.75, 3.05) is 12.0 Å². The fraction of sp³-hybridized carbons (Fsp3) is 0.190. The fourth-order valence-electron chi connectivity index (χ4n) is 2.65. The maximum atomic E-state index is 14.2. The second kappa shape index (κ2) is 10.3. The number of aliphatic imine (C=N–C) groups is 1. The molecule has 0 saturated heterocycles. The predicted molar refractivity (Wildman–Crippen MR) is 116 cm³/mol. The van der Waals surface area contributed by atoms with Crippen molar-refractivity contribution in [2.24, 2.45) is 4.99 Å². The molecule has 0 aliphatic heterocycles. The molecule has 1 atom stereocenters. The van der Waals surface area contributed by atoms with Crippen molar-refractivity contribution >= 4 is 27.1 Å². The molecular weight excluding hydrogens is 502 g/mol. The average Bonchev–Trinajstić information content (AvgIpc) is 2.71.